The molecule has 2 heteroatoms. The van der Waals surface area contributed by atoms with Crippen LogP contribution in [-0.4, -0.2) is 30.6 Å². The smallest absolute Gasteiger partial charge is 0.217 e. The van der Waals surface area contributed by atoms with E-state index in [0.717, 1.165) is 12.6 Å². The fourth-order valence-corrected chi connectivity index (χ4v) is 2.38. The molecule has 0 aromatic rings. The van der Waals surface area contributed by atoms with Gasteiger partial charge in [-0.25, -0.2) is 6.57 Å². The summed E-state index contributed by atoms with van der Waals surface area (Å²) in [6, 6.07) is 0.911. The molecular formula is C11H18N2. The highest BCUT2D eigenvalue weighted by atomic mass is 15.2. The van der Waals surface area contributed by atoms with E-state index < -0.39 is 0 Å². The molecule has 2 nitrogen and oxygen atoms in total. The van der Waals surface area contributed by atoms with Crippen molar-refractivity contribution in [3.05, 3.63) is 11.4 Å². The van der Waals surface area contributed by atoms with Gasteiger partial charge in [0.2, 0.25) is 6.54 Å². The Morgan fingerprint density at radius 1 is 1.15 bits per heavy atom. The molecule has 72 valence electrons. The fourth-order valence-electron chi connectivity index (χ4n) is 2.38. The van der Waals surface area contributed by atoms with Gasteiger partial charge in [0.1, 0.15) is 0 Å². The monoisotopic (exact) mass is 178 g/mol. The first-order valence-electron chi connectivity index (χ1n) is 5.47. The van der Waals surface area contributed by atoms with Crippen molar-refractivity contribution in [2.45, 2.75) is 38.1 Å². The lowest BCUT2D eigenvalue weighted by Gasteiger charge is -2.41. The van der Waals surface area contributed by atoms with Crippen LogP contribution in [0.15, 0.2) is 0 Å². The Morgan fingerprint density at radius 2 is 1.85 bits per heavy atom. The van der Waals surface area contributed by atoms with Crippen molar-refractivity contribution in [2.24, 2.45) is 5.92 Å². The fraction of sp³-hybridized carbons (Fsp3) is 0.909. The Balaban J connectivity index is 1.73. The van der Waals surface area contributed by atoms with Crippen LogP contribution in [0.2, 0.25) is 0 Å². The first-order chi connectivity index (χ1) is 6.40. The summed E-state index contributed by atoms with van der Waals surface area (Å²) in [6.45, 7) is 10.1. The molecule has 2 fully saturated rings. The summed E-state index contributed by atoms with van der Waals surface area (Å²) < 4.78 is 0. The first kappa shape index (κ1) is 9.02. The van der Waals surface area contributed by atoms with Crippen molar-refractivity contribution < 1.29 is 0 Å². The summed E-state index contributed by atoms with van der Waals surface area (Å²) in [7, 11) is 0. The summed E-state index contributed by atoms with van der Waals surface area (Å²) in [6.07, 6.45) is 6.81. The van der Waals surface area contributed by atoms with Gasteiger partial charge in [0.05, 0.1) is 0 Å². The molecule has 0 spiro atoms. The molecule has 1 aliphatic heterocycles. The highest BCUT2D eigenvalue weighted by Crippen LogP contribution is 2.28. The Hall–Kier alpha value is -0.550. The second-order valence-corrected chi connectivity index (χ2v) is 4.40. The van der Waals surface area contributed by atoms with Crippen LogP contribution in [0.3, 0.4) is 0 Å². The lowest BCUT2D eigenvalue weighted by molar-refractivity contribution is 0.0877. The first-order valence-corrected chi connectivity index (χ1v) is 5.47. The highest BCUT2D eigenvalue weighted by Gasteiger charge is 2.29. The zero-order valence-electron chi connectivity index (χ0n) is 8.21. The van der Waals surface area contributed by atoms with E-state index in [2.05, 4.69) is 9.74 Å². The normalized spacial score (nSPS) is 26.7. The SMILES string of the molecule is [C-]#[N+]CC1CCN(C2CCC2)CC1. The molecule has 1 aliphatic carbocycles. The van der Waals surface area contributed by atoms with E-state index in [1.165, 1.54) is 45.2 Å². The molecule has 2 aliphatic rings. The van der Waals surface area contributed by atoms with E-state index in [1.54, 1.807) is 0 Å². The van der Waals surface area contributed by atoms with Gasteiger partial charge in [-0.3, -0.25) is 0 Å². The molecule has 0 aromatic carbocycles. The second-order valence-electron chi connectivity index (χ2n) is 4.40. The molecule has 0 atom stereocenters. The van der Waals surface area contributed by atoms with E-state index >= 15 is 0 Å². The third kappa shape index (κ3) is 2.03. The average Bonchev–Trinajstić information content (AvgIpc) is 2.06. The molecular weight excluding hydrogens is 160 g/mol. The van der Waals surface area contributed by atoms with Gasteiger partial charge in [-0.2, -0.15) is 0 Å². The number of piperidine rings is 1. The van der Waals surface area contributed by atoms with Gasteiger partial charge in [0.25, 0.3) is 0 Å². The third-order valence-electron chi connectivity index (χ3n) is 3.59. The number of hydrogen-bond donors (Lipinski definition) is 0. The maximum absolute atomic E-state index is 6.83. The zero-order valence-corrected chi connectivity index (χ0v) is 8.21. The van der Waals surface area contributed by atoms with Gasteiger partial charge in [-0.1, -0.05) is 6.42 Å². The molecule has 0 aromatic heterocycles. The van der Waals surface area contributed by atoms with Crippen LogP contribution in [-0.2, 0) is 0 Å². The summed E-state index contributed by atoms with van der Waals surface area (Å²) in [5.41, 5.74) is 0. The van der Waals surface area contributed by atoms with Crippen LogP contribution in [0.5, 0.6) is 0 Å². The number of hydrogen-bond acceptors (Lipinski definition) is 1. The Bertz CT molecular complexity index is 195. The maximum atomic E-state index is 6.83. The van der Waals surface area contributed by atoms with Gasteiger partial charge in [-0.15, -0.1) is 0 Å². The lowest BCUT2D eigenvalue weighted by atomic mass is 9.88. The topological polar surface area (TPSA) is 7.60 Å². The van der Waals surface area contributed by atoms with Gasteiger partial charge < -0.3 is 9.74 Å². The van der Waals surface area contributed by atoms with E-state index in [9.17, 15) is 0 Å². The van der Waals surface area contributed by atoms with E-state index in [4.69, 9.17) is 6.57 Å². The van der Waals surface area contributed by atoms with Crippen LogP contribution < -0.4 is 0 Å². The summed E-state index contributed by atoms with van der Waals surface area (Å²) in [5.74, 6) is 0.703. The summed E-state index contributed by atoms with van der Waals surface area (Å²) in [4.78, 5) is 6.14. The van der Waals surface area contributed by atoms with Crippen molar-refractivity contribution in [3.8, 4) is 0 Å². The third-order valence-corrected chi connectivity index (χ3v) is 3.59. The van der Waals surface area contributed by atoms with Crippen molar-refractivity contribution >= 4 is 0 Å². The largest absolute Gasteiger partial charge is 0.317 e. The molecule has 1 saturated heterocycles. The van der Waals surface area contributed by atoms with Gasteiger partial charge in [0.15, 0.2) is 0 Å². The second kappa shape index (κ2) is 4.11. The molecule has 0 amide bonds. The summed E-state index contributed by atoms with van der Waals surface area (Å²) >= 11 is 0. The minimum Gasteiger partial charge on any atom is -0.317 e. The molecule has 2 rings (SSSR count). The Labute approximate surface area is 80.7 Å². The molecule has 0 unspecified atom stereocenters. The van der Waals surface area contributed by atoms with Crippen molar-refractivity contribution in [1.29, 1.82) is 0 Å². The molecule has 0 bridgehead atoms. The van der Waals surface area contributed by atoms with Gasteiger partial charge in [0, 0.05) is 12.0 Å². The predicted octanol–water partition coefficient (Wildman–Crippen LogP) is 2.17. The van der Waals surface area contributed by atoms with E-state index in [1.807, 2.05) is 0 Å². The number of rotatable bonds is 2. The van der Waals surface area contributed by atoms with Crippen LogP contribution in [0, 0.1) is 12.5 Å². The van der Waals surface area contributed by atoms with Crippen LogP contribution in [0.25, 0.3) is 4.85 Å². The van der Waals surface area contributed by atoms with Crippen molar-refractivity contribution in [3.63, 3.8) is 0 Å². The molecule has 0 N–H and O–H groups in total. The minimum absolute atomic E-state index is 0.703. The van der Waals surface area contributed by atoms with Gasteiger partial charge >= 0.3 is 0 Å². The summed E-state index contributed by atoms with van der Waals surface area (Å²) in [5, 5.41) is 0. The van der Waals surface area contributed by atoms with Crippen molar-refractivity contribution in [1.82, 2.24) is 4.90 Å². The zero-order chi connectivity index (χ0) is 9.10. The van der Waals surface area contributed by atoms with Crippen LogP contribution in [0.1, 0.15) is 32.1 Å². The average molecular weight is 178 g/mol. The molecule has 13 heavy (non-hydrogen) atoms. The quantitative estimate of drug-likeness (QED) is 0.588. The molecule has 1 saturated carbocycles. The Kier molecular flexibility index (Phi) is 2.85. The minimum atomic E-state index is 0.703. The van der Waals surface area contributed by atoms with E-state index in [-0.39, 0.29) is 0 Å². The predicted molar refractivity (Wildman–Crippen MR) is 53.4 cm³/mol. The Morgan fingerprint density at radius 3 is 2.31 bits per heavy atom. The van der Waals surface area contributed by atoms with Crippen LogP contribution >= 0.6 is 0 Å². The number of likely N-dealkylation sites (tertiary alicyclic amines) is 1. The highest BCUT2D eigenvalue weighted by molar-refractivity contribution is 4.85. The van der Waals surface area contributed by atoms with Crippen LogP contribution in [0.4, 0.5) is 0 Å². The van der Waals surface area contributed by atoms with Crippen molar-refractivity contribution in [2.75, 3.05) is 19.6 Å². The van der Waals surface area contributed by atoms with E-state index in [0.29, 0.717) is 5.92 Å². The molecule has 1 heterocycles. The standard InChI is InChI=1S/C11H18N2/c1-12-9-10-5-7-13(8-6-10)11-3-2-4-11/h10-11H,2-9H2. The van der Waals surface area contributed by atoms with Gasteiger partial charge in [-0.05, 0) is 38.8 Å². The molecule has 0 radical (unpaired) electrons. The number of nitrogens with zero attached hydrogens (tertiary/aromatic N) is 2. The lowest BCUT2D eigenvalue weighted by Crippen LogP contribution is -2.45. The maximum Gasteiger partial charge on any atom is 0.217 e.